The third-order valence-electron chi connectivity index (χ3n) is 5.24. The number of fused-ring (bicyclic) bond motifs is 1. The molecule has 2 aromatic rings. The summed E-state index contributed by atoms with van der Waals surface area (Å²) in [5, 5.41) is 0.541. The first kappa shape index (κ1) is 20.2. The first-order chi connectivity index (χ1) is 13.8. The minimum atomic E-state index is -3.07. The van der Waals surface area contributed by atoms with Gasteiger partial charge in [0.1, 0.15) is 0 Å². The second-order valence-electron chi connectivity index (χ2n) is 7.79. The number of hydrogen-bond donors (Lipinski definition) is 0. The molecule has 5 nitrogen and oxygen atoms in total. The van der Waals surface area contributed by atoms with Gasteiger partial charge >= 0.3 is 0 Å². The topological polar surface area (TPSA) is 66.8 Å². The summed E-state index contributed by atoms with van der Waals surface area (Å²) < 4.78 is 24.4. The van der Waals surface area contributed by atoms with Crippen LogP contribution in [0.1, 0.15) is 23.1 Å². The lowest BCUT2D eigenvalue weighted by atomic mass is 10.1. The van der Waals surface area contributed by atoms with E-state index in [2.05, 4.69) is 11.1 Å². The summed E-state index contributed by atoms with van der Waals surface area (Å²) in [5.41, 5.74) is 4.22. The zero-order valence-corrected chi connectivity index (χ0v) is 18.2. The Hall–Kier alpha value is -2.12. The summed E-state index contributed by atoms with van der Waals surface area (Å²) in [6.45, 7) is 4.04. The van der Waals surface area contributed by atoms with Crippen LogP contribution in [0.4, 0.5) is 5.69 Å². The average Bonchev–Trinajstić information content (AvgIpc) is 3.10. The van der Waals surface area contributed by atoms with Gasteiger partial charge in [-0.2, -0.15) is 4.99 Å². The molecule has 0 spiro atoms. The number of thioether (sulfide) groups is 1. The van der Waals surface area contributed by atoms with Crippen LogP contribution in [0.5, 0.6) is 0 Å². The van der Waals surface area contributed by atoms with E-state index >= 15 is 0 Å². The molecule has 29 heavy (non-hydrogen) atoms. The molecule has 2 saturated heterocycles. The fraction of sp³-hybridized carbons (Fsp3) is 0.364. The van der Waals surface area contributed by atoms with Gasteiger partial charge in [0.2, 0.25) is 5.91 Å². The van der Waals surface area contributed by atoms with Crippen LogP contribution in [0.3, 0.4) is 0 Å². The van der Waals surface area contributed by atoms with E-state index in [0.29, 0.717) is 18.0 Å². The van der Waals surface area contributed by atoms with Gasteiger partial charge in [-0.15, -0.1) is 0 Å². The molecule has 2 heterocycles. The van der Waals surface area contributed by atoms with Crippen LogP contribution in [0.15, 0.2) is 53.5 Å². The Balaban J connectivity index is 1.60. The van der Waals surface area contributed by atoms with E-state index < -0.39 is 9.84 Å². The number of rotatable bonds is 4. The van der Waals surface area contributed by atoms with Crippen molar-refractivity contribution in [1.82, 2.24) is 0 Å². The van der Waals surface area contributed by atoms with E-state index in [1.807, 2.05) is 61.2 Å². The van der Waals surface area contributed by atoms with Crippen molar-refractivity contribution in [3.63, 3.8) is 0 Å². The van der Waals surface area contributed by atoms with Gasteiger partial charge in [-0.05, 0) is 49.1 Å². The predicted molar refractivity (Wildman–Crippen MR) is 119 cm³/mol. The van der Waals surface area contributed by atoms with E-state index in [1.165, 1.54) is 11.8 Å². The largest absolute Gasteiger partial charge is 0.316 e. The van der Waals surface area contributed by atoms with Crippen LogP contribution >= 0.6 is 11.8 Å². The number of nitrogens with zero attached hydrogens (tertiary/aromatic N) is 2. The lowest BCUT2D eigenvalue weighted by Crippen LogP contribution is -2.37. The van der Waals surface area contributed by atoms with Crippen LogP contribution in [0.2, 0.25) is 0 Å². The molecule has 0 saturated carbocycles. The van der Waals surface area contributed by atoms with Crippen molar-refractivity contribution in [2.75, 3.05) is 16.4 Å². The van der Waals surface area contributed by atoms with Crippen LogP contribution in [0.25, 0.3) is 0 Å². The van der Waals surface area contributed by atoms with Crippen molar-refractivity contribution in [3.8, 4) is 0 Å². The minimum Gasteiger partial charge on any atom is -0.316 e. The van der Waals surface area contributed by atoms with Crippen molar-refractivity contribution in [3.05, 3.63) is 65.2 Å². The van der Waals surface area contributed by atoms with Gasteiger partial charge < -0.3 is 4.90 Å². The quantitative estimate of drug-likeness (QED) is 0.745. The SMILES string of the molecule is Cc1cc(C)cc(N2C(=NC(=O)CCc3ccccc3)S[C@H]3CS(=O)(=O)C[C@H]32)c1. The third kappa shape index (κ3) is 4.56. The minimum absolute atomic E-state index is 0.0820. The molecule has 0 aromatic heterocycles. The zero-order valence-electron chi connectivity index (χ0n) is 16.5. The Morgan fingerprint density at radius 3 is 2.48 bits per heavy atom. The second kappa shape index (κ2) is 7.95. The number of aryl methyl sites for hydroxylation is 3. The summed E-state index contributed by atoms with van der Waals surface area (Å²) >= 11 is 1.42. The van der Waals surface area contributed by atoms with Gasteiger partial charge in [-0.1, -0.05) is 48.2 Å². The smallest absolute Gasteiger partial charge is 0.248 e. The van der Waals surface area contributed by atoms with Gasteiger partial charge in [0.15, 0.2) is 15.0 Å². The highest BCUT2D eigenvalue weighted by Gasteiger charge is 2.49. The van der Waals surface area contributed by atoms with Gasteiger partial charge in [-0.3, -0.25) is 4.79 Å². The summed E-state index contributed by atoms with van der Waals surface area (Å²) in [6.07, 6.45) is 0.980. The fourth-order valence-electron chi connectivity index (χ4n) is 4.01. The number of carbonyl (C=O) groups is 1. The van der Waals surface area contributed by atoms with E-state index in [-0.39, 0.29) is 28.7 Å². The molecule has 7 heteroatoms. The molecule has 0 unspecified atom stereocenters. The molecule has 152 valence electrons. The average molecular weight is 429 g/mol. The highest BCUT2D eigenvalue weighted by atomic mass is 32.2. The molecule has 2 aliphatic heterocycles. The Morgan fingerprint density at radius 1 is 1.10 bits per heavy atom. The van der Waals surface area contributed by atoms with Crippen LogP contribution < -0.4 is 4.90 Å². The Bertz CT molecular complexity index is 1040. The third-order valence-corrected chi connectivity index (χ3v) is 8.45. The number of amides is 1. The van der Waals surface area contributed by atoms with Gasteiger partial charge in [0.25, 0.3) is 0 Å². The monoisotopic (exact) mass is 428 g/mol. The molecule has 2 fully saturated rings. The zero-order chi connectivity index (χ0) is 20.6. The Kier molecular flexibility index (Phi) is 5.53. The van der Waals surface area contributed by atoms with Gasteiger partial charge in [0.05, 0.1) is 17.5 Å². The second-order valence-corrected chi connectivity index (χ2v) is 11.2. The maximum absolute atomic E-state index is 12.6. The fourth-order valence-corrected chi connectivity index (χ4v) is 7.95. The highest BCUT2D eigenvalue weighted by Crippen LogP contribution is 2.41. The number of hydrogen-bond acceptors (Lipinski definition) is 4. The van der Waals surface area contributed by atoms with E-state index in [0.717, 1.165) is 22.4 Å². The maximum Gasteiger partial charge on any atom is 0.248 e. The molecule has 0 radical (unpaired) electrons. The number of benzene rings is 2. The Labute approximate surface area is 176 Å². The first-order valence-corrected chi connectivity index (χ1v) is 12.4. The molecule has 4 rings (SSSR count). The number of carbonyl (C=O) groups excluding carboxylic acids is 1. The van der Waals surface area contributed by atoms with E-state index in [1.54, 1.807) is 0 Å². The van der Waals surface area contributed by atoms with Crippen LogP contribution in [-0.2, 0) is 21.1 Å². The number of aliphatic imine (C=N–C) groups is 1. The number of sulfone groups is 1. The van der Waals surface area contributed by atoms with Crippen molar-refractivity contribution >= 4 is 38.4 Å². The molecular weight excluding hydrogens is 404 g/mol. The normalized spacial score (nSPS) is 24.1. The number of anilines is 1. The molecule has 1 amide bonds. The summed E-state index contributed by atoms with van der Waals surface area (Å²) in [5.74, 6) is 0.0731. The van der Waals surface area contributed by atoms with Crippen molar-refractivity contribution in [1.29, 1.82) is 0 Å². The molecule has 0 bridgehead atoms. The molecule has 0 N–H and O–H groups in total. The van der Waals surface area contributed by atoms with Gasteiger partial charge in [-0.25, -0.2) is 8.42 Å². The van der Waals surface area contributed by atoms with Crippen molar-refractivity contribution in [2.45, 2.75) is 38.0 Å². The lowest BCUT2D eigenvalue weighted by Gasteiger charge is -2.25. The lowest BCUT2D eigenvalue weighted by molar-refractivity contribution is -0.117. The van der Waals surface area contributed by atoms with E-state index in [9.17, 15) is 13.2 Å². The summed E-state index contributed by atoms with van der Waals surface area (Å²) in [4.78, 5) is 19.0. The molecular formula is C22H24N2O3S2. The van der Waals surface area contributed by atoms with Crippen LogP contribution in [0, 0.1) is 13.8 Å². The van der Waals surface area contributed by atoms with E-state index in [4.69, 9.17) is 0 Å². The van der Waals surface area contributed by atoms with Crippen molar-refractivity contribution < 1.29 is 13.2 Å². The molecule has 2 aliphatic rings. The maximum atomic E-state index is 12.6. The Morgan fingerprint density at radius 2 is 1.79 bits per heavy atom. The summed E-state index contributed by atoms with van der Waals surface area (Å²) in [7, 11) is -3.07. The van der Waals surface area contributed by atoms with Gasteiger partial charge in [0, 0.05) is 17.4 Å². The standard InChI is InChI=1S/C22H24N2O3S2/c1-15-10-16(2)12-18(11-15)24-19-13-29(26,27)14-20(19)28-22(24)23-21(25)9-8-17-6-4-3-5-7-17/h3-7,10-12,19-20H,8-9,13-14H2,1-2H3/t19-,20+/m1/s1. The highest BCUT2D eigenvalue weighted by molar-refractivity contribution is 8.16. The van der Waals surface area contributed by atoms with Crippen LogP contribution in [-0.4, -0.2) is 42.3 Å². The molecule has 2 aromatic carbocycles. The molecule has 2 atom stereocenters. The van der Waals surface area contributed by atoms with Crippen molar-refractivity contribution in [2.24, 2.45) is 4.99 Å². The predicted octanol–water partition coefficient (Wildman–Crippen LogP) is 3.54. The molecule has 0 aliphatic carbocycles. The summed E-state index contributed by atoms with van der Waals surface area (Å²) in [6, 6.07) is 15.8. The first-order valence-electron chi connectivity index (χ1n) is 9.71. The number of amidine groups is 1.